The second-order valence-corrected chi connectivity index (χ2v) is 6.45. The smallest absolute Gasteiger partial charge is 0.186 e. The van der Waals surface area contributed by atoms with Crippen molar-refractivity contribution in [1.29, 1.82) is 0 Å². The molecular weight excluding hydrogens is 336 g/mol. The van der Waals surface area contributed by atoms with Gasteiger partial charge in [0.15, 0.2) is 12.2 Å². The third kappa shape index (κ3) is 4.19. The number of guanidine groups is 1. The number of ether oxygens (including phenoxy) is 2. The van der Waals surface area contributed by atoms with Gasteiger partial charge in [0.1, 0.15) is 36.6 Å². The Balaban J connectivity index is 2.22. The van der Waals surface area contributed by atoms with Crippen molar-refractivity contribution >= 4 is 5.96 Å². The van der Waals surface area contributed by atoms with E-state index in [0.29, 0.717) is 0 Å². The van der Waals surface area contributed by atoms with Gasteiger partial charge in [0, 0.05) is 18.6 Å². The topological polar surface area (TPSA) is 242 Å². The lowest BCUT2D eigenvalue weighted by Gasteiger charge is -2.45. The zero-order valence-electron chi connectivity index (χ0n) is 13.6. The molecule has 0 aromatic carbocycles. The van der Waals surface area contributed by atoms with Crippen molar-refractivity contribution in [2.45, 2.75) is 67.5 Å². The minimum atomic E-state index is -1.42. The average Bonchev–Trinajstić information content (AvgIpc) is 2.55. The second kappa shape index (κ2) is 8.07. The number of nitrogens with zero attached hydrogens (tertiary/aromatic N) is 1. The van der Waals surface area contributed by atoms with Crippen LogP contribution in [0.1, 0.15) is 6.42 Å². The van der Waals surface area contributed by atoms with E-state index < -0.39 is 61.0 Å². The fraction of sp³-hybridized carbons (Fsp3) is 0.923. The van der Waals surface area contributed by atoms with Gasteiger partial charge in [0.25, 0.3) is 0 Å². The molecule has 146 valence electrons. The molecule has 12 heteroatoms. The van der Waals surface area contributed by atoms with Gasteiger partial charge >= 0.3 is 0 Å². The van der Waals surface area contributed by atoms with E-state index in [2.05, 4.69) is 4.99 Å². The Kier molecular flexibility index (Phi) is 6.53. The number of aliphatic hydroxyl groups excluding tert-OH is 4. The molecule has 1 aliphatic carbocycles. The highest BCUT2D eigenvalue weighted by atomic mass is 16.7. The summed E-state index contributed by atoms with van der Waals surface area (Å²) in [6, 6.07) is -2.57. The van der Waals surface area contributed by atoms with Gasteiger partial charge in [0.2, 0.25) is 0 Å². The molecule has 14 N–H and O–H groups in total. The fourth-order valence-corrected chi connectivity index (χ4v) is 3.16. The Morgan fingerprint density at radius 2 is 1.64 bits per heavy atom. The summed E-state index contributed by atoms with van der Waals surface area (Å²) in [5.74, 6) is -0.352. The van der Waals surface area contributed by atoms with Crippen LogP contribution in [0.2, 0.25) is 0 Å². The molecule has 2 fully saturated rings. The van der Waals surface area contributed by atoms with Gasteiger partial charge in [-0.2, -0.15) is 0 Å². The highest BCUT2D eigenvalue weighted by Crippen LogP contribution is 2.29. The maximum Gasteiger partial charge on any atom is 0.186 e. The Labute approximate surface area is 144 Å². The SMILES string of the molecule is NC[C@H]1O[C@H](O[C@@H]2[C@@H](O)[C@H](O)[C@@H](N)C[C@H]2N)[C@H](N=C(N)N)[C@@H](O)[C@@H]1O. The van der Waals surface area contributed by atoms with Crippen LogP contribution in [0.5, 0.6) is 0 Å². The third-order valence-corrected chi connectivity index (χ3v) is 4.58. The molecule has 0 aromatic rings. The Morgan fingerprint density at radius 3 is 2.20 bits per heavy atom. The van der Waals surface area contributed by atoms with Crippen molar-refractivity contribution in [3.8, 4) is 0 Å². The van der Waals surface area contributed by atoms with Gasteiger partial charge in [-0.1, -0.05) is 0 Å². The largest absolute Gasteiger partial charge is 0.389 e. The lowest BCUT2D eigenvalue weighted by atomic mass is 9.84. The van der Waals surface area contributed by atoms with Crippen LogP contribution in [0.4, 0.5) is 0 Å². The number of aliphatic hydroxyl groups is 4. The monoisotopic (exact) mass is 364 g/mol. The predicted molar refractivity (Wildman–Crippen MR) is 86.8 cm³/mol. The first-order chi connectivity index (χ1) is 11.7. The quantitative estimate of drug-likeness (QED) is 0.168. The first kappa shape index (κ1) is 20.2. The molecule has 0 unspecified atom stereocenters. The third-order valence-electron chi connectivity index (χ3n) is 4.58. The first-order valence-corrected chi connectivity index (χ1v) is 8.00. The summed E-state index contributed by atoms with van der Waals surface area (Å²) in [7, 11) is 0. The molecule has 2 rings (SSSR count). The minimum Gasteiger partial charge on any atom is -0.389 e. The van der Waals surface area contributed by atoms with Gasteiger partial charge < -0.3 is 58.6 Å². The molecule has 0 bridgehead atoms. The van der Waals surface area contributed by atoms with Gasteiger partial charge in [-0.15, -0.1) is 0 Å². The van der Waals surface area contributed by atoms with Crippen LogP contribution in [-0.2, 0) is 9.47 Å². The molecule has 1 heterocycles. The van der Waals surface area contributed by atoms with Crippen molar-refractivity contribution in [3.05, 3.63) is 0 Å². The van der Waals surface area contributed by atoms with Crippen LogP contribution in [0, 0.1) is 0 Å². The number of hydrogen-bond donors (Lipinski definition) is 9. The van der Waals surface area contributed by atoms with Gasteiger partial charge in [0.05, 0.1) is 6.10 Å². The lowest BCUT2D eigenvalue weighted by molar-refractivity contribution is -0.287. The summed E-state index contributed by atoms with van der Waals surface area (Å²) in [4.78, 5) is 3.83. The van der Waals surface area contributed by atoms with E-state index in [4.69, 9.17) is 38.1 Å². The highest BCUT2D eigenvalue weighted by Gasteiger charge is 2.49. The van der Waals surface area contributed by atoms with E-state index in [1.807, 2.05) is 0 Å². The Hall–Kier alpha value is -1.09. The van der Waals surface area contributed by atoms with Gasteiger partial charge in [-0.3, -0.25) is 0 Å². The zero-order valence-corrected chi connectivity index (χ0v) is 13.6. The van der Waals surface area contributed by atoms with Crippen molar-refractivity contribution in [2.75, 3.05) is 6.54 Å². The average molecular weight is 364 g/mol. The summed E-state index contributed by atoms with van der Waals surface area (Å²) < 4.78 is 11.2. The molecule has 1 aliphatic heterocycles. The molecule has 0 amide bonds. The van der Waals surface area contributed by atoms with E-state index >= 15 is 0 Å². The molecule has 0 spiro atoms. The Bertz CT molecular complexity index is 480. The Morgan fingerprint density at radius 1 is 1.00 bits per heavy atom. The number of hydrogen-bond acceptors (Lipinski definition) is 10. The van der Waals surface area contributed by atoms with Crippen LogP contribution in [-0.4, -0.2) is 94.0 Å². The van der Waals surface area contributed by atoms with E-state index in [-0.39, 0.29) is 18.9 Å². The number of aliphatic imine (C=N–C) groups is 1. The molecule has 1 saturated heterocycles. The minimum absolute atomic E-state index is 0.0978. The predicted octanol–water partition coefficient (Wildman–Crippen LogP) is -5.80. The lowest BCUT2D eigenvalue weighted by Crippen LogP contribution is -2.65. The van der Waals surface area contributed by atoms with Crippen LogP contribution < -0.4 is 28.7 Å². The van der Waals surface area contributed by atoms with Crippen LogP contribution in [0.25, 0.3) is 0 Å². The molecule has 25 heavy (non-hydrogen) atoms. The number of rotatable bonds is 4. The summed E-state index contributed by atoms with van der Waals surface area (Å²) in [6.07, 6.45) is -8.39. The summed E-state index contributed by atoms with van der Waals surface area (Å²) >= 11 is 0. The summed E-state index contributed by atoms with van der Waals surface area (Å²) in [5, 5.41) is 40.4. The molecular formula is C13H28N6O6. The number of nitrogens with two attached hydrogens (primary N) is 5. The highest BCUT2D eigenvalue weighted by molar-refractivity contribution is 5.76. The van der Waals surface area contributed by atoms with Crippen molar-refractivity contribution < 1.29 is 29.9 Å². The maximum absolute atomic E-state index is 10.3. The van der Waals surface area contributed by atoms with Crippen LogP contribution in [0.3, 0.4) is 0 Å². The van der Waals surface area contributed by atoms with E-state index in [1.54, 1.807) is 0 Å². The van der Waals surface area contributed by atoms with Gasteiger partial charge in [-0.05, 0) is 6.42 Å². The molecule has 12 nitrogen and oxygen atoms in total. The first-order valence-electron chi connectivity index (χ1n) is 8.00. The van der Waals surface area contributed by atoms with E-state index in [1.165, 1.54) is 0 Å². The van der Waals surface area contributed by atoms with Gasteiger partial charge in [-0.25, -0.2) is 4.99 Å². The molecule has 0 radical (unpaired) electrons. The van der Waals surface area contributed by atoms with Crippen molar-refractivity contribution in [3.63, 3.8) is 0 Å². The normalized spacial score (nSPS) is 48.1. The molecule has 10 atom stereocenters. The van der Waals surface area contributed by atoms with Crippen molar-refractivity contribution in [1.82, 2.24) is 0 Å². The summed E-state index contributed by atoms with van der Waals surface area (Å²) in [6.45, 7) is -0.0978. The van der Waals surface area contributed by atoms with E-state index in [0.717, 1.165) is 0 Å². The molecule has 1 saturated carbocycles. The zero-order chi connectivity index (χ0) is 18.9. The van der Waals surface area contributed by atoms with Crippen LogP contribution in [0.15, 0.2) is 4.99 Å². The maximum atomic E-state index is 10.3. The summed E-state index contributed by atoms with van der Waals surface area (Å²) in [5.41, 5.74) is 27.9. The molecule has 0 aromatic heterocycles. The standard InChI is InChI=1S/C13H28N6O6/c14-2-5-8(21)9(22)6(19-13(17)18)12(24-5)25-11-4(16)1-3(15)7(20)10(11)23/h3-12,20-23H,1-2,14-16H2,(H4,17,18,19)/t3-,4+,5+,6+,7+,8+,9+,10-,11-,12+/m0/s1. The van der Waals surface area contributed by atoms with E-state index in [9.17, 15) is 20.4 Å². The van der Waals surface area contributed by atoms with Crippen molar-refractivity contribution in [2.24, 2.45) is 33.7 Å². The molecule has 2 aliphatic rings. The fourth-order valence-electron chi connectivity index (χ4n) is 3.16. The second-order valence-electron chi connectivity index (χ2n) is 6.45. The van der Waals surface area contributed by atoms with Crippen LogP contribution >= 0.6 is 0 Å².